The third-order valence-corrected chi connectivity index (χ3v) is 4.46. The zero-order chi connectivity index (χ0) is 13.4. The minimum atomic E-state index is -0.200. The standard InChI is InChI=1S/C13H25NO3S/c1-11(18-3)14-8-4-5-12(14)6-9-17-10-7-13(15)16-2/h11-12H,4-10H2,1-3H3/t11?,12-/m0/s1. The van der Waals surface area contributed by atoms with Crippen molar-refractivity contribution in [2.24, 2.45) is 0 Å². The first-order valence-corrected chi connectivity index (χ1v) is 7.91. The number of carbonyl (C=O) groups excluding carboxylic acids is 1. The summed E-state index contributed by atoms with van der Waals surface area (Å²) in [6.45, 7) is 4.67. The van der Waals surface area contributed by atoms with E-state index in [-0.39, 0.29) is 5.97 Å². The van der Waals surface area contributed by atoms with E-state index in [4.69, 9.17) is 4.74 Å². The third kappa shape index (κ3) is 5.16. The monoisotopic (exact) mass is 275 g/mol. The van der Waals surface area contributed by atoms with Crippen LogP contribution in [-0.4, -0.2) is 55.4 Å². The molecule has 0 aromatic heterocycles. The molecule has 0 aromatic rings. The Hall–Kier alpha value is -0.260. The van der Waals surface area contributed by atoms with Gasteiger partial charge >= 0.3 is 5.97 Å². The fraction of sp³-hybridized carbons (Fsp3) is 0.923. The van der Waals surface area contributed by atoms with Gasteiger partial charge in [0.05, 0.1) is 25.5 Å². The van der Waals surface area contributed by atoms with E-state index in [1.165, 1.54) is 26.5 Å². The molecule has 0 aliphatic carbocycles. The number of hydrogen-bond acceptors (Lipinski definition) is 5. The topological polar surface area (TPSA) is 38.8 Å². The predicted molar refractivity (Wildman–Crippen MR) is 74.8 cm³/mol. The zero-order valence-corrected chi connectivity index (χ0v) is 12.5. The lowest BCUT2D eigenvalue weighted by Gasteiger charge is -2.29. The van der Waals surface area contributed by atoms with Gasteiger partial charge < -0.3 is 9.47 Å². The first kappa shape index (κ1) is 15.8. The molecule has 0 amide bonds. The second-order valence-electron chi connectivity index (χ2n) is 4.60. The van der Waals surface area contributed by atoms with Crippen molar-refractivity contribution in [3.63, 3.8) is 0 Å². The molecule has 2 atom stereocenters. The van der Waals surface area contributed by atoms with Crippen molar-refractivity contribution in [3.05, 3.63) is 0 Å². The molecule has 1 aliphatic heterocycles. The Morgan fingerprint density at radius 2 is 2.28 bits per heavy atom. The number of carbonyl (C=O) groups is 1. The number of nitrogens with zero attached hydrogens (tertiary/aromatic N) is 1. The SMILES string of the molecule is COC(=O)CCOCC[C@@H]1CCCN1C(C)SC. The molecule has 1 saturated heterocycles. The summed E-state index contributed by atoms with van der Waals surface area (Å²) in [6, 6.07) is 0.644. The second kappa shape index (κ2) is 8.77. The average Bonchev–Trinajstić information content (AvgIpc) is 2.85. The van der Waals surface area contributed by atoms with Gasteiger partial charge in [-0.2, -0.15) is 0 Å². The summed E-state index contributed by atoms with van der Waals surface area (Å²) in [5.74, 6) is -0.200. The number of likely N-dealkylation sites (tertiary alicyclic amines) is 1. The Bertz CT molecular complexity index is 250. The quantitative estimate of drug-likeness (QED) is 0.501. The molecule has 1 rings (SSSR count). The molecule has 1 unspecified atom stereocenters. The summed E-state index contributed by atoms with van der Waals surface area (Å²) in [5, 5.41) is 0.590. The van der Waals surface area contributed by atoms with Crippen LogP contribution in [0.5, 0.6) is 0 Å². The van der Waals surface area contributed by atoms with Crippen molar-refractivity contribution in [3.8, 4) is 0 Å². The highest BCUT2D eigenvalue weighted by atomic mass is 32.2. The van der Waals surface area contributed by atoms with E-state index in [0.717, 1.165) is 13.0 Å². The van der Waals surface area contributed by atoms with Crippen LogP contribution >= 0.6 is 11.8 Å². The molecule has 1 aliphatic rings. The van der Waals surface area contributed by atoms with Crippen LogP contribution in [0, 0.1) is 0 Å². The molecule has 0 radical (unpaired) electrons. The highest BCUT2D eigenvalue weighted by Crippen LogP contribution is 2.26. The first-order chi connectivity index (χ1) is 8.69. The van der Waals surface area contributed by atoms with Gasteiger partial charge in [0, 0.05) is 12.6 Å². The van der Waals surface area contributed by atoms with Crippen molar-refractivity contribution in [2.45, 2.75) is 44.0 Å². The highest BCUT2D eigenvalue weighted by Gasteiger charge is 2.27. The van der Waals surface area contributed by atoms with Crippen LogP contribution in [0.25, 0.3) is 0 Å². The number of esters is 1. The average molecular weight is 275 g/mol. The Labute approximate surface area is 114 Å². The molecule has 0 spiro atoms. The molecule has 1 heterocycles. The smallest absolute Gasteiger partial charge is 0.307 e. The van der Waals surface area contributed by atoms with Gasteiger partial charge in [-0.1, -0.05) is 0 Å². The minimum absolute atomic E-state index is 0.200. The van der Waals surface area contributed by atoms with Crippen LogP contribution in [0.2, 0.25) is 0 Å². The number of hydrogen-bond donors (Lipinski definition) is 0. The Kier molecular flexibility index (Phi) is 7.70. The van der Waals surface area contributed by atoms with Crippen molar-refractivity contribution < 1.29 is 14.3 Å². The lowest BCUT2D eigenvalue weighted by atomic mass is 10.1. The Balaban J connectivity index is 2.12. The molecule has 0 N–H and O–H groups in total. The third-order valence-electron chi connectivity index (χ3n) is 3.50. The van der Waals surface area contributed by atoms with Crippen LogP contribution in [0.1, 0.15) is 32.6 Å². The number of rotatable bonds is 8. The highest BCUT2D eigenvalue weighted by molar-refractivity contribution is 7.99. The van der Waals surface area contributed by atoms with Crippen LogP contribution in [0.4, 0.5) is 0 Å². The van der Waals surface area contributed by atoms with Gasteiger partial charge in [-0.25, -0.2) is 0 Å². The molecular weight excluding hydrogens is 250 g/mol. The first-order valence-electron chi connectivity index (χ1n) is 6.62. The van der Waals surface area contributed by atoms with Gasteiger partial charge in [0.25, 0.3) is 0 Å². The summed E-state index contributed by atoms with van der Waals surface area (Å²) in [6.07, 6.45) is 6.13. The Morgan fingerprint density at radius 3 is 2.94 bits per heavy atom. The molecule has 0 bridgehead atoms. The number of methoxy groups -OCH3 is 1. The second-order valence-corrected chi connectivity index (χ2v) is 5.75. The van der Waals surface area contributed by atoms with E-state index in [1.807, 2.05) is 11.8 Å². The molecule has 0 aromatic carbocycles. The van der Waals surface area contributed by atoms with Gasteiger partial charge in [-0.3, -0.25) is 9.69 Å². The molecule has 0 saturated carbocycles. The zero-order valence-electron chi connectivity index (χ0n) is 11.7. The molecule has 1 fully saturated rings. The van der Waals surface area contributed by atoms with Gasteiger partial charge in [0.2, 0.25) is 0 Å². The van der Waals surface area contributed by atoms with E-state index >= 15 is 0 Å². The van der Waals surface area contributed by atoms with Crippen LogP contribution in [-0.2, 0) is 14.3 Å². The van der Waals surface area contributed by atoms with Crippen LogP contribution in [0.3, 0.4) is 0 Å². The maximum Gasteiger partial charge on any atom is 0.307 e. The molecule has 106 valence electrons. The lowest BCUT2D eigenvalue weighted by Crippen LogP contribution is -2.36. The predicted octanol–water partition coefficient (Wildman–Crippen LogP) is 2.13. The van der Waals surface area contributed by atoms with Crippen LogP contribution < -0.4 is 0 Å². The normalized spacial score (nSPS) is 22.1. The van der Waals surface area contributed by atoms with Crippen molar-refractivity contribution >= 4 is 17.7 Å². The Morgan fingerprint density at radius 1 is 1.50 bits per heavy atom. The fourth-order valence-corrected chi connectivity index (χ4v) is 2.91. The minimum Gasteiger partial charge on any atom is -0.469 e. The van der Waals surface area contributed by atoms with E-state index in [9.17, 15) is 4.79 Å². The van der Waals surface area contributed by atoms with E-state index < -0.39 is 0 Å². The summed E-state index contributed by atoms with van der Waals surface area (Å²) in [5.41, 5.74) is 0. The molecular formula is C13H25NO3S. The van der Waals surface area contributed by atoms with Gasteiger partial charge in [-0.05, 0) is 39.0 Å². The van der Waals surface area contributed by atoms with Gasteiger partial charge in [0.15, 0.2) is 0 Å². The van der Waals surface area contributed by atoms with Crippen molar-refractivity contribution in [1.29, 1.82) is 0 Å². The molecule has 4 nitrogen and oxygen atoms in total. The van der Waals surface area contributed by atoms with E-state index in [1.54, 1.807) is 0 Å². The van der Waals surface area contributed by atoms with Crippen LogP contribution in [0.15, 0.2) is 0 Å². The summed E-state index contributed by atoms with van der Waals surface area (Å²) < 4.78 is 10.1. The molecule has 5 heteroatoms. The van der Waals surface area contributed by atoms with Gasteiger partial charge in [0.1, 0.15) is 0 Å². The summed E-state index contributed by atoms with van der Waals surface area (Å²) in [4.78, 5) is 13.5. The fourth-order valence-electron chi connectivity index (χ4n) is 2.36. The van der Waals surface area contributed by atoms with E-state index in [2.05, 4.69) is 22.8 Å². The van der Waals surface area contributed by atoms with E-state index in [0.29, 0.717) is 24.4 Å². The summed E-state index contributed by atoms with van der Waals surface area (Å²) in [7, 11) is 1.41. The lowest BCUT2D eigenvalue weighted by molar-refractivity contribution is -0.141. The molecule has 18 heavy (non-hydrogen) atoms. The maximum absolute atomic E-state index is 10.9. The maximum atomic E-state index is 10.9. The number of ether oxygens (including phenoxy) is 2. The van der Waals surface area contributed by atoms with Crippen molar-refractivity contribution in [1.82, 2.24) is 4.90 Å². The van der Waals surface area contributed by atoms with Gasteiger partial charge in [-0.15, -0.1) is 11.8 Å². The van der Waals surface area contributed by atoms with Crippen molar-refractivity contribution in [2.75, 3.05) is 33.1 Å². The largest absolute Gasteiger partial charge is 0.469 e. The summed E-state index contributed by atoms with van der Waals surface area (Å²) >= 11 is 1.90. The number of thioether (sulfide) groups is 1.